The van der Waals surface area contributed by atoms with Gasteiger partial charge in [-0.2, -0.15) is 0 Å². The van der Waals surface area contributed by atoms with E-state index in [1.807, 2.05) is 18.4 Å². The first kappa shape index (κ1) is 9.77. The highest BCUT2D eigenvalue weighted by molar-refractivity contribution is 5.83. The number of rotatable bonds is 2. The summed E-state index contributed by atoms with van der Waals surface area (Å²) in [5.41, 5.74) is 1.02. The first-order valence-electron chi connectivity index (χ1n) is 4.27. The molecule has 0 fully saturated rings. The van der Waals surface area contributed by atoms with E-state index in [0.717, 1.165) is 18.1 Å². The van der Waals surface area contributed by atoms with Gasteiger partial charge in [-0.25, -0.2) is 9.13 Å². The molecule has 0 spiro atoms. The smallest absolute Gasteiger partial charge is 0.253 e. The summed E-state index contributed by atoms with van der Waals surface area (Å²) in [6, 6.07) is 0. The summed E-state index contributed by atoms with van der Waals surface area (Å²) >= 11 is 0. The molecule has 0 aliphatic rings. The molecule has 0 amide bonds. The third-order valence-electron chi connectivity index (χ3n) is 2.47. The van der Waals surface area contributed by atoms with Crippen LogP contribution < -0.4 is 9.67 Å². The molecule has 1 aromatic rings. The van der Waals surface area contributed by atoms with Gasteiger partial charge in [0.05, 0.1) is 13.6 Å². The molecule has 72 valence electrons. The number of imidazole rings is 1. The summed E-state index contributed by atoms with van der Waals surface area (Å²) in [5.74, 6) is -0.186. The van der Waals surface area contributed by atoms with Gasteiger partial charge in [0, 0.05) is 13.8 Å². The molecular formula is C9H14N2O2. The number of hydrogen-bond acceptors (Lipinski definition) is 2. The van der Waals surface area contributed by atoms with Crippen LogP contribution in [0.3, 0.4) is 0 Å². The highest BCUT2D eigenvalue weighted by Gasteiger charge is 2.21. The Bertz CT molecular complexity index is 353. The summed E-state index contributed by atoms with van der Waals surface area (Å²) in [6.45, 7) is 6.45. The molecule has 13 heavy (non-hydrogen) atoms. The molecule has 0 bridgehead atoms. The lowest BCUT2D eigenvalue weighted by Gasteiger charge is -1.97. The molecule has 1 heterocycles. The predicted octanol–water partition coefficient (Wildman–Crippen LogP) is -0.687. The lowest BCUT2D eigenvalue weighted by molar-refractivity contribution is -0.681. The quantitative estimate of drug-likeness (QED) is 0.569. The molecule has 0 aliphatic carbocycles. The highest BCUT2D eigenvalue weighted by atomic mass is 16.4. The van der Waals surface area contributed by atoms with Crippen molar-refractivity contribution >= 4 is 5.97 Å². The fourth-order valence-corrected chi connectivity index (χ4v) is 1.71. The van der Waals surface area contributed by atoms with Crippen molar-refractivity contribution in [1.82, 2.24) is 4.57 Å². The normalized spacial score (nSPS) is 10.5. The molecule has 0 N–H and O–H groups in total. The third kappa shape index (κ3) is 1.32. The molecule has 4 nitrogen and oxygen atoms in total. The molecule has 0 radical (unpaired) electrons. The van der Waals surface area contributed by atoms with Gasteiger partial charge in [-0.3, -0.25) is 0 Å². The van der Waals surface area contributed by atoms with Crippen LogP contribution in [0.25, 0.3) is 0 Å². The van der Waals surface area contributed by atoms with Crippen molar-refractivity contribution < 1.29 is 14.5 Å². The van der Waals surface area contributed by atoms with E-state index in [0.29, 0.717) is 0 Å². The van der Waals surface area contributed by atoms with Crippen molar-refractivity contribution in [2.24, 2.45) is 7.05 Å². The van der Waals surface area contributed by atoms with Crippen LogP contribution in [-0.4, -0.2) is 10.5 Å². The van der Waals surface area contributed by atoms with E-state index in [1.165, 1.54) is 0 Å². The number of hydrogen-bond donors (Lipinski definition) is 0. The van der Waals surface area contributed by atoms with Crippen LogP contribution in [0.4, 0.5) is 0 Å². The molecular weight excluding hydrogens is 168 g/mol. The summed E-state index contributed by atoms with van der Waals surface area (Å²) in [5, 5.41) is 10.8. The van der Waals surface area contributed by atoms with Crippen LogP contribution in [-0.2, 0) is 13.6 Å². The van der Waals surface area contributed by atoms with E-state index >= 15 is 0 Å². The van der Waals surface area contributed by atoms with Gasteiger partial charge in [0.25, 0.3) is 5.82 Å². The molecule has 0 aromatic carbocycles. The van der Waals surface area contributed by atoms with Crippen LogP contribution in [0.15, 0.2) is 0 Å². The maximum absolute atomic E-state index is 10.8. The Balaban J connectivity index is 3.45. The molecule has 4 heteroatoms. The van der Waals surface area contributed by atoms with E-state index in [9.17, 15) is 9.90 Å². The van der Waals surface area contributed by atoms with E-state index in [4.69, 9.17) is 0 Å². The second kappa shape index (κ2) is 3.20. The summed E-state index contributed by atoms with van der Waals surface area (Å²) < 4.78 is 3.60. The van der Waals surface area contributed by atoms with Crippen LogP contribution in [0.2, 0.25) is 0 Å². The zero-order valence-electron chi connectivity index (χ0n) is 8.42. The fraction of sp³-hybridized carbons (Fsp3) is 0.556. The Morgan fingerprint density at radius 1 is 1.54 bits per heavy atom. The number of aromatic carboxylic acids is 1. The largest absolute Gasteiger partial charge is 0.541 e. The molecule has 0 aliphatic heterocycles. The van der Waals surface area contributed by atoms with Crippen molar-refractivity contribution in [2.75, 3.05) is 0 Å². The average Bonchev–Trinajstić information content (AvgIpc) is 2.24. The minimum Gasteiger partial charge on any atom is -0.541 e. The van der Waals surface area contributed by atoms with Crippen molar-refractivity contribution in [3.8, 4) is 0 Å². The molecule has 1 rings (SSSR count). The number of aromatic nitrogens is 2. The highest BCUT2D eigenvalue weighted by Crippen LogP contribution is 2.06. The van der Waals surface area contributed by atoms with Gasteiger partial charge in [-0.15, -0.1) is 0 Å². The zero-order valence-corrected chi connectivity index (χ0v) is 8.42. The Kier molecular flexibility index (Phi) is 2.40. The zero-order chi connectivity index (χ0) is 10.2. The van der Waals surface area contributed by atoms with Crippen molar-refractivity contribution in [3.05, 3.63) is 17.2 Å². The molecule has 1 aromatic heterocycles. The Morgan fingerprint density at radius 2 is 2.08 bits per heavy atom. The Morgan fingerprint density at radius 3 is 2.31 bits per heavy atom. The first-order valence-corrected chi connectivity index (χ1v) is 4.27. The lowest BCUT2D eigenvalue weighted by atomic mass is 10.3. The predicted molar refractivity (Wildman–Crippen MR) is 45.1 cm³/mol. The van der Waals surface area contributed by atoms with Crippen molar-refractivity contribution in [2.45, 2.75) is 27.3 Å². The monoisotopic (exact) mass is 182 g/mol. The minimum atomic E-state index is -1.12. The molecule has 0 atom stereocenters. The van der Waals surface area contributed by atoms with Gasteiger partial charge in [0.2, 0.25) is 0 Å². The first-order chi connectivity index (χ1) is 6.00. The van der Waals surface area contributed by atoms with Crippen LogP contribution in [0.1, 0.15) is 28.9 Å². The van der Waals surface area contributed by atoms with Crippen molar-refractivity contribution in [3.63, 3.8) is 0 Å². The van der Waals surface area contributed by atoms with E-state index in [-0.39, 0.29) is 5.69 Å². The van der Waals surface area contributed by atoms with E-state index in [1.54, 1.807) is 18.5 Å². The average molecular weight is 182 g/mol. The van der Waals surface area contributed by atoms with Crippen LogP contribution in [0, 0.1) is 13.8 Å². The topological polar surface area (TPSA) is 48.9 Å². The summed E-state index contributed by atoms with van der Waals surface area (Å²) in [6.07, 6.45) is 0. The molecule has 0 saturated heterocycles. The number of carbonyl (C=O) groups excluding carboxylic acids is 1. The van der Waals surface area contributed by atoms with E-state index < -0.39 is 5.97 Å². The van der Waals surface area contributed by atoms with Gasteiger partial charge in [0.1, 0.15) is 11.7 Å². The van der Waals surface area contributed by atoms with Gasteiger partial charge in [-0.1, -0.05) is 0 Å². The fourth-order valence-electron chi connectivity index (χ4n) is 1.71. The van der Waals surface area contributed by atoms with E-state index in [2.05, 4.69) is 0 Å². The Hall–Kier alpha value is -1.32. The van der Waals surface area contributed by atoms with Crippen molar-refractivity contribution in [1.29, 1.82) is 0 Å². The maximum atomic E-state index is 10.8. The number of nitrogens with zero attached hydrogens (tertiary/aromatic N) is 2. The Labute approximate surface area is 77.4 Å². The molecule has 0 unspecified atom stereocenters. The maximum Gasteiger partial charge on any atom is 0.253 e. The van der Waals surface area contributed by atoms with Crippen LogP contribution >= 0.6 is 0 Å². The van der Waals surface area contributed by atoms with Gasteiger partial charge < -0.3 is 9.90 Å². The number of carbonyl (C=O) groups is 1. The molecule has 0 saturated carbocycles. The lowest BCUT2D eigenvalue weighted by Crippen LogP contribution is -2.41. The second-order valence-corrected chi connectivity index (χ2v) is 3.07. The van der Waals surface area contributed by atoms with Gasteiger partial charge in [-0.05, 0) is 6.92 Å². The summed E-state index contributed by atoms with van der Waals surface area (Å²) in [4.78, 5) is 10.8. The van der Waals surface area contributed by atoms with Gasteiger partial charge >= 0.3 is 0 Å². The third-order valence-corrected chi connectivity index (χ3v) is 2.47. The second-order valence-electron chi connectivity index (χ2n) is 3.07. The number of carboxylic acid groups (broad SMARTS) is 1. The summed E-state index contributed by atoms with van der Waals surface area (Å²) in [7, 11) is 1.74. The van der Waals surface area contributed by atoms with Gasteiger partial charge in [0.15, 0.2) is 5.69 Å². The standard InChI is InChI=1S/C9H14N2O2/c1-5-11-6(2)8(9(12)13)10(4)7(11)3/h5H2,1-4H3. The SMILES string of the molecule is CCn1c(C)c(C(=O)[O-])[n+](C)c1C. The number of carboxylic acids is 1. The minimum absolute atomic E-state index is 0.263. The van der Waals surface area contributed by atoms with Crippen LogP contribution in [0.5, 0.6) is 0 Å².